The van der Waals surface area contributed by atoms with Gasteiger partial charge in [-0.3, -0.25) is 4.79 Å². The van der Waals surface area contributed by atoms with E-state index in [1.807, 2.05) is 25.1 Å². The van der Waals surface area contributed by atoms with Crippen LogP contribution in [0.25, 0.3) is 0 Å². The van der Waals surface area contributed by atoms with E-state index in [4.69, 9.17) is 5.73 Å². The lowest BCUT2D eigenvalue weighted by Gasteiger charge is -2.34. The average molecular weight is 445 g/mol. The van der Waals surface area contributed by atoms with Gasteiger partial charge in [-0.15, -0.1) is 0 Å². The van der Waals surface area contributed by atoms with Crippen LogP contribution in [0.4, 0.5) is 4.79 Å². The molecule has 9 heteroatoms. The van der Waals surface area contributed by atoms with Crippen LogP contribution in [0.15, 0.2) is 47.4 Å². The number of carbonyl (C=O) groups is 2. The van der Waals surface area contributed by atoms with Gasteiger partial charge < -0.3 is 16.0 Å². The monoisotopic (exact) mass is 444 g/mol. The lowest BCUT2D eigenvalue weighted by molar-refractivity contribution is 0.1000. The number of piperazine rings is 1. The average Bonchev–Trinajstić information content (AvgIpc) is 2.75. The number of urea groups is 1. The van der Waals surface area contributed by atoms with Crippen LogP contribution in [-0.4, -0.2) is 62.3 Å². The Hall–Kier alpha value is -2.91. The number of amides is 3. The van der Waals surface area contributed by atoms with E-state index in [0.29, 0.717) is 42.1 Å². The Labute approximate surface area is 183 Å². The van der Waals surface area contributed by atoms with E-state index < -0.39 is 15.9 Å². The van der Waals surface area contributed by atoms with Gasteiger partial charge in [0.1, 0.15) is 0 Å². The molecule has 0 radical (unpaired) electrons. The Kier molecular flexibility index (Phi) is 6.97. The number of rotatable bonds is 6. The van der Waals surface area contributed by atoms with Crippen molar-refractivity contribution in [2.45, 2.75) is 25.2 Å². The molecule has 2 aromatic carbocycles. The second-order valence-corrected chi connectivity index (χ2v) is 9.61. The summed E-state index contributed by atoms with van der Waals surface area (Å²) in [6.45, 7) is 5.22. The highest BCUT2D eigenvalue weighted by Crippen LogP contribution is 2.22. The molecule has 1 aliphatic rings. The number of hydrogen-bond acceptors (Lipinski definition) is 4. The minimum Gasteiger partial charge on any atom is -0.366 e. The maximum Gasteiger partial charge on any atom is 0.317 e. The van der Waals surface area contributed by atoms with E-state index in [2.05, 4.69) is 5.32 Å². The second-order valence-electron chi connectivity index (χ2n) is 7.71. The fraction of sp³-hybridized carbons (Fsp3) is 0.364. The molecule has 31 heavy (non-hydrogen) atoms. The van der Waals surface area contributed by atoms with Crippen LogP contribution in [-0.2, 0) is 16.4 Å². The standard InChI is InChI=1S/C22H28N4O4S/c1-16-6-7-17(2)20(14-16)31(29,30)26-12-10-25(11-13-26)22(28)24-9-8-18-4-3-5-19(15-18)21(23)27/h3-7,14-15H,8-13H2,1-2H3,(H2,23,27)(H,24,28). The number of sulfonamides is 1. The molecule has 0 unspecified atom stereocenters. The van der Waals surface area contributed by atoms with Crippen LogP contribution in [0.2, 0.25) is 0 Å². The number of benzene rings is 2. The van der Waals surface area contributed by atoms with Gasteiger partial charge in [0.15, 0.2) is 0 Å². The van der Waals surface area contributed by atoms with Crippen LogP contribution < -0.4 is 11.1 Å². The van der Waals surface area contributed by atoms with Crippen molar-refractivity contribution in [1.29, 1.82) is 0 Å². The van der Waals surface area contributed by atoms with Gasteiger partial charge >= 0.3 is 6.03 Å². The van der Waals surface area contributed by atoms with Gasteiger partial charge in [-0.05, 0) is 55.2 Å². The fourth-order valence-electron chi connectivity index (χ4n) is 3.56. The first-order chi connectivity index (χ1) is 14.7. The molecule has 3 rings (SSSR count). The van der Waals surface area contributed by atoms with Crippen LogP contribution in [0.1, 0.15) is 27.0 Å². The van der Waals surface area contributed by atoms with Crippen LogP contribution in [0.3, 0.4) is 0 Å². The summed E-state index contributed by atoms with van der Waals surface area (Å²) < 4.78 is 27.5. The van der Waals surface area contributed by atoms with E-state index >= 15 is 0 Å². The third-order valence-electron chi connectivity index (χ3n) is 5.39. The molecule has 1 aliphatic heterocycles. The molecular formula is C22H28N4O4S. The summed E-state index contributed by atoms with van der Waals surface area (Å²) in [5.74, 6) is -0.487. The predicted molar refractivity (Wildman–Crippen MR) is 118 cm³/mol. The molecular weight excluding hydrogens is 416 g/mol. The zero-order chi connectivity index (χ0) is 22.6. The number of nitrogens with two attached hydrogens (primary N) is 1. The van der Waals surface area contributed by atoms with Crippen molar-refractivity contribution in [3.8, 4) is 0 Å². The molecule has 1 fully saturated rings. The maximum absolute atomic E-state index is 13.0. The second kappa shape index (κ2) is 9.49. The smallest absolute Gasteiger partial charge is 0.317 e. The number of primary amides is 1. The lowest BCUT2D eigenvalue weighted by atomic mass is 10.1. The highest BCUT2D eigenvalue weighted by atomic mass is 32.2. The molecule has 166 valence electrons. The number of nitrogens with zero attached hydrogens (tertiary/aromatic N) is 2. The first-order valence-electron chi connectivity index (χ1n) is 10.2. The molecule has 0 aliphatic carbocycles. The van der Waals surface area contributed by atoms with Crippen LogP contribution >= 0.6 is 0 Å². The van der Waals surface area contributed by atoms with Gasteiger partial charge in [0, 0.05) is 38.3 Å². The van der Waals surface area contributed by atoms with Crippen molar-refractivity contribution < 1.29 is 18.0 Å². The molecule has 3 amide bonds. The van der Waals surface area contributed by atoms with Gasteiger partial charge in [0.25, 0.3) is 0 Å². The van der Waals surface area contributed by atoms with E-state index in [1.54, 1.807) is 36.1 Å². The number of hydrogen-bond donors (Lipinski definition) is 2. The molecule has 0 spiro atoms. The van der Waals surface area contributed by atoms with Crippen LogP contribution in [0.5, 0.6) is 0 Å². The molecule has 0 saturated carbocycles. The summed E-state index contributed by atoms with van der Waals surface area (Å²) in [6, 6.07) is 12.2. The summed E-state index contributed by atoms with van der Waals surface area (Å²) >= 11 is 0. The van der Waals surface area contributed by atoms with E-state index in [-0.39, 0.29) is 19.1 Å². The molecule has 0 aromatic heterocycles. The van der Waals surface area contributed by atoms with Crippen LogP contribution in [0, 0.1) is 13.8 Å². The normalized spacial score (nSPS) is 15.0. The number of nitrogens with one attached hydrogen (secondary N) is 1. The zero-order valence-electron chi connectivity index (χ0n) is 17.8. The summed E-state index contributed by atoms with van der Waals surface area (Å²) in [6.07, 6.45) is 0.563. The van der Waals surface area contributed by atoms with E-state index in [9.17, 15) is 18.0 Å². The number of carbonyl (C=O) groups excluding carboxylic acids is 2. The fourth-order valence-corrected chi connectivity index (χ4v) is 5.29. The van der Waals surface area contributed by atoms with Crippen molar-refractivity contribution in [1.82, 2.24) is 14.5 Å². The largest absolute Gasteiger partial charge is 0.366 e. The first-order valence-corrected chi connectivity index (χ1v) is 11.6. The van der Waals surface area contributed by atoms with Crippen molar-refractivity contribution in [3.05, 3.63) is 64.7 Å². The maximum atomic E-state index is 13.0. The van der Waals surface area contributed by atoms with Gasteiger partial charge in [-0.1, -0.05) is 24.3 Å². The third kappa shape index (κ3) is 5.42. The quantitative estimate of drug-likeness (QED) is 0.705. The molecule has 3 N–H and O–H groups in total. The summed E-state index contributed by atoms with van der Waals surface area (Å²) in [7, 11) is -3.59. The summed E-state index contributed by atoms with van der Waals surface area (Å²) in [4.78, 5) is 25.7. The predicted octanol–water partition coefficient (Wildman–Crippen LogP) is 1.66. The van der Waals surface area contributed by atoms with E-state index in [0.717, 1.165) is 11.1 Å². The van der Waals surface area contributed by atoms with Gasteiger partial charge in [-0.2, -0.15) is 4.31 Å². The summed E-state index contributed by atoms with van der Waals surface area (Å²) in [5.41, 5.74) is 8.23. The first kappa shape index (κ1) is 22.8. The molecule has 0 bridgehead atoms. The van der Waals surface area contributed by atoms with Crippen molar-refractivity contribution >= 4 is 22.0 Å². The topological polar surface area (TPSA) is 113 Å². The molecule has 0 atom stereocenters. The summed E-state index contributed by atoms with van der Waals surface area (Å²) in [5, 5.41) is 2.85. The zero-order valence-corrected chi connectivity index (χ0v) is 18.6. The minimum atomic E-state index is -3.59. The molecule has 1 saturated heterocycles. The van der Waals surface area contributed by atoms with Gasteiger partial charge in [0.05, 0.1) is 4.90 Å². The molecule has 2 aromatic rings. The van der Waals surface area contributed by atoms with Crippen molar-refractivity contribution in [3.63, 3.8) is 0 Å². The Bertz CT molecular complexity index is 1080. The molecule has 1 heterocycles. The third-order valence-corrected chi connectivity index (χ3v) is 7.43. The Balaban J connectivity index is 1.52. The Morgan fingerprint density at radius 1 is 1.03 bits per heavy atom. The van der Waals surface area contributed by atoms with Crippen molar-refractivity contribution in [2.24, 2.45) is 5.73 Å². The van der Waals surface area contributed by atoms with Gasteiger partial charge in [-0.25, -0.2) is 13.2 Å². The SMILES string of the molecule is Cc1ccc(C)c(S(=O)(=O)N2CCN(C(=O)NCCc3cccc(C(N)=O)c3)CC2)c1. The Morgan fingerprint density at radius 2 is 1.74 bits per heavy atom. The van der Waals surface area contributed by atoms with E-state index in [1.165, 1.54) is 4.31 Å². The highest BCUT2D eigenvalue weighted by Gasteiger charge is 2.31. The Morgan fingerprint density at radius 3 is 2.42 bits per heavy atom. The number of aryl methyl sites for hydroxylation is 2. The highest BCUT2D eigenvalue weighted by molar-refractivity contribution is 7.89. The lowest BCUT2D eigenvalue weighted by Crippen LogP contribution is -2.53. The molecule has 8 nitrogen and oxygen atoms in total. The minimum absolute atomic E-state index is 0.227. The van der Waals surface area contributed by atoms with Crippen molar-refractivity contribution in [2.75, 3.05) is 32.7 Å². The van der Waals surface area contributed by atoms with Gasteiger partial charge in [0.2, 0.25) is 15.9 Å².